The third-order valence-electron chi connectivity index (χ3n) is 0.774. The zero-order chi connectivity index (χ0) is 6.85. The van der Waals surface area contributed by atoms with E-state index in [0.29, 0.717) is 5.82 Å². The van der Waals surface area contributed by atoms with E-state index < -0.39 is 0 Å². The fraction of sp³-hybridized carbons (Fsp3) is 0. The van der Waals surface area contributed by atoms with Crippen LogP contribution in [-0.2, 0) is 0 Å². The Morgan fingerprint density at radius 2 is 2.22 bits per heavy atom. The minimum atomic E-state index is 0.481. The predicted octanol–water partition coefficient (Wildman–Crippen LogP) is 1.43. The lowest BCUT2D eigenvalue weighted by atomic mass is 10.6. The maximum atomic E-state index is 5.42. The molecule has 0 bridgehead atoms. The van der Waals surface area contributed by atoms with Gasteiger partial charge in [-0.05, 0) is 38.5 Å². The number of rotatable bonds is 0. The minimum absolute atomic E-state index is 0.481. The van der Waals surface area contributed by atoms with Gasteiger partial charge in [0.15, 0.2) is 0 Å². The molecule has 1 aromatic rings. The average molecular weight is 300 g/mol. The van der Waals surface area contributed by atoms with Gasteiger partial charge in [0, 0.05) is 0 Å². The molecule has 0 atom stereocenters. The number of nitrogen functional groups attached to an aromatic ring is 1. The van der Waals surface area contributed by atoms with Crippen molar-refractivity contribution in [2.45, 2.75) is 0 Å². The van der Waals surface area contributed by atoms with Gasteiger partial charge >= 0.3 is 0 Å². The van der Waals surface area contributed by atoms with E-state index in [0.717, 1.165) is 8.17 Å². The number of halogens is 2. The van der Waals surface area contributed by atoms with Gasteiger partial charge in [0.25, 0.3) is 0 Å². The molecule has 0 aromatic carbocycles. The van der Waals surface area contributed by atoms with E-state index in [1.165, 1.54) is 6.33 Å². The van der Waals surface area contributed by atoms with Crippen molar-refractivity contribution in [1.29, 1.82) is 0 Å². The summed E-state index contributed by atoms with van der Waals surface area (Å²) in [7, 11) is 0. The Bertz CT molecular complexity index is 207. The van der Waals surface area contributed by atoms with Gasteiger partial charge in [-0.15, -0.1) is 0 Å². The summed E-state index contributed by atoms with van der Waals surface area (Å²) in [4.78, 5) is 7.64. The fourth-order valence-corrected chi connectivity index (χ4v) is 0.966. The second-order valence-corrected chi connectivity index (χ2v) is 3.18. The lowest BCUT2D eigenvalue weighted by Crippen LogP contribution is -1.94. The largest absolute Gasteiger partial charge is 0.383 e. The van der Waals surface area contributed by atoms with Crippen LogP contribution in [0.25, 0.3) is 0 Å². The molecule has 1 heterocycles. The Morgan fingerprint density at radius 1 is 1.56 bits per heavy atom. The number of aromatic nitrogens is 2. The minimum Gasteiger partial charge on any atom is -0.383 e. The van der Waals surface area contributed by atoms with Crippen LogP contribution >= 0.6 is 38.5 Å². The molecule has 0 aliphatic heterocycles. The van der Waals surface area contributed by atoms with Crippen molar-refractivity contribution in [3.8, 4) is 0 Å². The number of anilines is 1. The maximum Gasteiger partial charge on any atom is 0.142 e. The van der Waals surface area contributed by atoms with Crippen LogP contribution in [0, 0.1) is 3.70 Å². The van der Waals surface area contributed by atoms with E-state index in [9.17, 15) is 0 Å². The van der Waals surface area contributed by atoms with E-state index in [4.69, 9.17) is 5.73 Å². The van der Waals surface area contributed by atoms with E-state index in [-0.39, 0.29) is 0 Å². The summed E-state index contributed by atoms with van der Waals surface area (Å²) >= 11 is 5.29. The van der Waals surface area contributed by atoms with Crippen LogP contribution in [0.1, 0.15) is 0 Å². The van der Waals surface area contributed by atoms with Crippen LogP contribution in [0.4, 0.5) is 5.82 Å². The van der Waals surface area contributed by atoms with Gasteiger partial charge in [0.2, 0.25) is 0 Å². The lowest BCUT2D eigenvalue weighted by Gasteiger charge is -1.95. The summed E-state index contributed by atoms with van der Waals surface area (Å²) in [5.41, 5.74) is 5.42. The highest BCUT2D eigenvalue weighted by Crippen LogP contribution is 2.20. The Hall–Kier alpha value is 0.0900. The van der Waals surface area contributed by atoms with Gasteiger partial charge in [-0.1, -0.05) is 0 Å². The van der Waals surface area contributed by atoms with Crippen LogP contribution in [0.5, 0.6) is 0 Å². The second kappa shape index (κ2) is 2.78. The maximum absolute atomic E-state index is 5.42. The fourth-order valence-electron chi connectivity index (χ4n) is 0.361. The zero-order valence-corrected chi connectivity index (χ0v) is 8.05. The van der Waals surface area contributed by atoms with Crippen LogP contribution < -0.4 is 5.73 Å². The zero-order valence-electron chi connectivity index (χ0n) is 4.31. The Morgan fingerprint density at radius 3 is 2.67 bits per heavy atom. The molecule has 1 aromatic heterocycles. The van der Waals surface area contributed by atoms with Crippen molar-refractivity contribution in [3.05, 3.63) is 14.5 Å². The van der Waals surface area contributed by atoms with Crippen LogP contribution in [0.15, 0.2) is 10.8 Å². The van der Waals surface area contributed by atoms with Crippen molar-refractivity contribution in [1.82, 2.24) is 9.97 Å². The lowest BCUT2D eigenvalue weighted by molar-refractivity contribution is 1.13. The van der Waals surface area contributed by atoms with Crippen molar-refractivity contribution in [2.75, 3.05) is 5.73 Å². The van der Waals surface area contributed by atoms with Crippen molar-refractivity contribution < 1.29 is 0 Å². The predicted molar refractivity (Wildman–Crippen MR) is 46.9 cm³/mol. The van der Waals surface area contributed by atoms with Gasteiger partial charge in [-0.25, -0.2) is 9.97 Å². The summed E-state index contributed by atoms with van der Waals surface area (Å²) < 4.78 is 1.60. The molecule has 0 radical (unpaired) electrons. The molecular formula is C4H3BrIN3. The summed E-state index contributed by atoms with van der Waals surface area (Å²) in [6.45, 7) is 0. The Kier molecular flexibility index (Phi) is 2.23. The summed E-state index contributed by atoms with van der Waals surface area (Å²) in [5.74, 6) is 0.481. The molecule has 3 nitrogen and oxygen atoms in total. The molecular weight excluding hydrogens is 297 g/mol. The van der Waals surface area contributed by atoms with Gasteiger partial charge in [0.05, 0.1) is 4.47 Å². The number of nitrogens with zero attached hydrogens (tertiary/aromatic N) is 2. The van der Waals surface area contributed by atoms with Crippen LogP contribution in [-0.4, -0.2) is 9.97 Å². The molecule has 0 saturated heterocycles. The molecule has 9 heavy (non-hydrogen) atoms. The number of hydrogen-bond acceptors (Lipinski definition) is 3. The standard InChI is InChI=1S/C4H3BrIN3/c5-2-3(6)8-1-9-4(2)7/h1H,(H2,7,8,9). The van der Waals surface area contributed by atoms with E-state index in [1.807, 2.05) is 0 Å². The third kappa shape index (κ3) is 1.51. The molecule has 5 heteroatoms. The molecule has 0 saturated carbocycles. The number of nitrogens with two attached hydrogens (primary N) is 1. The molecule has 0 unspecified atom stereocenters. The number of hydrogen-bond donors (Lipinski definition) is 1. The van der Waals surface area contributed by atoms with Gasteiger partial charge in [-0.2, -0.15) is 0 Å². The molecule has 48 valence electrons. The van der Waals surface area contributed by atoms with Crippen LogP contribution in [0.2, 0.25) is 0 Å². The van der Waals surface area contributed by atoms with Gasteiger partial charge < -0.3 is 5.73 Å². The smallest absolute Gasteiger partial charge is 0.142 e. The van der Waals surface area contributed by atoms with E-state index >= 15 is 0 Å². The van der Waals surface area contributed by atoms with Gasteiger partial charge in [-0.3, -0.25) is 0 Å². The van der Waals surface area contributed by atoms with E-state index in [1.54, 1.807) is 0 Å². The first kappa shape index (κ1) is 7.20. The first-order valence-electron chi connectivity index (χ1n) is 2.13. The first-order chi connectivity index (χ1) is 4.22. The summed E-state index contributed by atoms with van der Waals surface area (Å²) in [6, 6.07) is 0. The molecule has 0 fully saturated rings. The summed E-state index contributed by atoms with van der Waals surface area (Å²) in [6.07, 6.45) is 1.43. The SMILES string of the molecule is Nc1ncnc(I)c1Br. The van der Waals surface area contributed by atoms with Crippen LogP contribution in [0.3, 0.4) is 0 Å². The molecule has 0 amide bonds. The van der Waals surface area contributed by atoms with Gasteiger partial charge in [0.1, 0.15) is 15.8 Å². The normalized spacial score (nSPS) is 9.56. The molecule has 2 N–H and O–H groups in total. The Balaban J connectivity index is 3.25. The second-order valence-electron chi connectivity index (χ2n) is 1.36. The topological polar surface area (TPSA) is 51.8 Å². The quantitative estimate of drug-likeness (QED) is 0.582. The molecule has 0 aliphatic rings. The molecule has 0 aliphatic carbocycles. The monoisotopic (exact) mass is 299 g/mol. The van der Waals surface area contributed by atoms with E-state index in [2.05, 4.69) is 48.5 Å². The highest BCUT2D eigenvalue weighted by atomic mass is 127. The summed E-state index contributed by atoms with van der Waals surface area (Å²) in [5, 5.41) is 0. The Labute approximate surface area is 74.3 Å². The average Bonchev–Trinajstić information content (AvgIpc) is 1.83. The molecule has 0 spiro atoms. The van der Waals surface area contributed by atoms with Crippen molar-refractivity contribution >= 4 is 44.3 Å². The van der Waals surface area contributed by atoms with Crippen molar-refractivity contribution in [3.63, 3.8) is 0 Å². The third-order valence-corrected chi connectivity index (χ3v) is 3.11. The highest BCUT2D eigenvalue weighted by Gasteiger charge is 1.99. The highest BCUT2D eigenvalue weighted by molar-refractivity contribution is 14.1. The van der Waals surface area contributed by atoms with Crippen molar-refractivity contribution in [2.24, 2.45) is 0 Å². The molecule has 1 rings (SSSR count). The first-order valence-corrected chi connectivity index (χ1v) is 4.00.